The Kier molecular flexibility index (Phi) is 4.93. The van der Waals surface area contributed by atoms with Crippen LogP contribution in [-0.4, -0.2) is 11.1 Å². The smallest absolute Gasteiger partial charge is 0.335 e. The lowest BCUT2D eigenvalue weighted by Gasteiger charge is -2.12. The third-order valence-corrected chi connectivity index (χ3v) is 3.30. The standard InChI is InChI=1S/C17H18FNO2/c1-2-5-12-6-3-4-7-16(12)19-11-14-10-13(17(20)21)8-9-15(14)18/h3-4,6-10,19H,2,5,11H2,1H3,(H,20,21). The molecule has 3 nitrogen and oxygen atoms in total. The number of carboxylic acid groups (broad SMARTS) is 1. The van der Waals surface area contributed by atoms with E-state index in [9.17, 15) is 9.18 Å². The van der Waals surface area contributed by atoms with Crippen molar-refractivity contribution in [2.45, 2.75) is 26.3 Å². The summed E-state index contributed by atoms with van der Waals surface area (Å²) < 4.78 is 13.8. The predicted octanol–water partition coefficient (Wildman–Crippen LogP) is 4.09. The molecular formula is C17H18FNO2. The van der Waals surface area contributed by atoms with Gasteiger partial charge >= 0.3 is 5.97 Å². The molecule has 2 N–H and O–H groups in total. The number of aromatic carboxylic acids is 1. The van der Waals surface area contributed by atoms with Gasteiger partial charge in [-0.15, -0.1) is 0 Å². The largest absolute Gasteiger partial charge is 0.478 e. The highest BCUT2D eigenvalue weighted by Crippen LogP contribution is 2.19. The fraction of sp³-hybridized carbons (Fsp3) is 0.235. The fourth-order valence-electron chi connectivity index (χ4n) is 2.21. The summed E-state index contributed by atoms with van der Waals surface area (Å²) >= 11 is 0. The molecule has 2 rings (SSSR count). The maximum Gasteiger partial charge on any atom is 0.335 e. The number of carboxylic acids is 1. The van der Waals surface area contributed by atoms with Crippen molar-refractivity contribution in [3.63, 3.8) is 0 Å². The number of aryl methyl sites for hydroxylation is 1. The average molecular weight is 287 g/mol. The van der Waals surface area contributed by atoms with Gasteiger partial charge in [-0.25, -0.2) is 9.18 Å². The molecule has 21 heavy (non-hydrogen) atoms. The number of nitrogens with one attached hydrogen (secondary N) is 1. The van der Waals surface area contributed by atoms with Crippen LogP contribution >= 0.6 is 0 Å². The summed E-state index contributed by atoms with van der Waals surface area (Å²) in [5.74, 6) is -1.46. The number of hydrogen-bond donors (Lipinski definition) is 2. The molecule has 0 amide bonds. The normalized spacial score (nSPS) is 10.4. The van der Waals surface area contributed by atoms with Gasteiger partial charge in [0.1, 0.15) is 5.82 Å². The number of rotatable bonds is 6. The van der Waals surface area contributed by atoms with E-state index in [-0.39, 0.29) is 12.1 Å². The summed E-state index contributed by atoms with van der Waals surface area (Å²) in [7, 11) is 0. The Morgan fingerprint density at radius 3 is 2.67 bits per heavy atom. The van der Waals surface area contributed by atoms with Crippen LogP contribution in [-0.2, 0) is 13.0 Å². The van der Waals surface area contributed by atoms with Gasteiger partial charge in [-0.05, 0) is 36.2 Å². The Bertz CT molecular complexity index is 640. The second-order valence-electron chi connectivity index (χ2n) is 4.87. The summed E-state index contributed by atoms with van der Waals surface area (Å²) in [5, 5.41) is 12.1. The van der Waals surface area contributed by atoms with Crippen molar-refractivity contribution in [3.05, 3.63) is 65.0 Å². The number of carbonyl (C=O) groups is 1. The van der Waals surface area contributed by atoms with Crippen LogP contribution in [0.5, 0.6) is 0 Å². The van der Waals surface area contributed by atoms with Gasteiger partial charge in [0.05, 0.1) is 5.56 Å². The maximum absolute atomic E-state index is 13.8. The molecule has 0 radical (unpaired) electrons. The van der Waals surface area contributed by atoms with Gasteiger partial charge in [0, 0.05) is 17.8 Å². The maximum atomic E-state index is 13.8. The van der Waals surface area contributed by atoms with Crippen LogP contribution in [0.25, 0.3) is 0 Å². The van der Waals surface area contributed by atoms with E-state index in [1.165, 1.54) is 23.8 Å². The number of halogens is 1. The topological polar surface area (TPSA) is 49.3 Å². The average Bonchev–Trinajstić information content (AvgIpc) is 2.48. The van der Waals surface area contributed by atoms with E-state index in [1.807, 2.05) is 24.3 Å². The van der Waals surface area contributed by atoms with Gasteiger partial charge in [-0.2, -0.15) is 0 Å². The van der Waals surface area contributed by atoms with E-state index >= 15 is 0 Å². The molecule has 0 saturated carbocycles. The van der Waals surface area contributed by atoms with Crippen LogP contribution in [0.15, 0.2) is 42.5 Å². The summed E-state index contributed by atoms with van der Waals surface area (Å²) in [6.07, 6.45) is 1.97. The molecule has 0 saturated heterocycles. The highest BCUT2D eigenvalue weighted by molar-refractivity contribution is 5.87. The van der Waals surface area contributed by atoms with Crippen LogP contribution in [0.1, 0.15) is 34.8 Å². The Balaban J connectivity index is 2.16. The quantitative estimate of drug-likeness (QED) is 0.841. The number of hydrogen-bond acceptors (Lipinski definition) is 2. The first-order chi connectivity index (χ1) is 10.1. The van der Waals surface area contributed by atoms with E-state index < -0.39 is 11.8 Å². The predicted molar refractivity (Wildman–Crippen MR) is 81.1 cm³/mol. The molecule has 110 valence electrons. The minimum Gasteiger partial charge on any atom is -0.478 e. The molecule has 0 bridgehead atoms. The van der Waals surface area contributed by atoms with Crippen LogP contribution < -0.4 is 5.32 Å². The van der Waals surface area contributed by atoms with Crippen molar-refractivity contribution in [2.75, 3.05) is 5.32 Å². The Labute approximate surface area is 123 Å². The molecule has 2 aromatic rings. The molecule has 0 fully saturated rings. The van der Waals surface area contributed by atoms with Crippen molar-refractivity contribution < 1.29 is 14.3 Å². The van der Waals surface area contributed by atoms with Crippen LogP contribution in [0.3, 0.4) is 0 Å². The summed E-state index contributed by atoms with van der Waals surface area (Å²) in [4.78, 5) is 10.9. The molecule has 0 heterocycles. The Hall–Kier alpha value is -2.36. The minimum absolute atomic E-state index is 0.0926. The number of para-hydroxylation sites is 1. The van der Waals surface area contributed by atoms with Crippen LogP contribution in [0, 0.1) is 5.82 Å². The van der Waals surface area contributed by atoms with E-state index in [2.05, 4.69) is 12.2 Å². The second-order valence-corrected chi connectivity index (χ2v) is 4.87. The highest BCUT2D eigenvalue weighted by Gasteiger charge is 2.09. The molecule has 0 aliphatic rings. The summed E-state index contributed by atoms with van der Waals surface area (Å²) in [5.41, 5.74) is 2.57. The third-order valence-electron chi connectivity index (χ3n) is 3.30. The van der Waals surface area contributed by atoms with Crippen LogP contribution in [0.4, 0.5) is 10.1 Å². The third kappa shape index (κ3) is 3.81. The van der Waals surface area contributed by atoms with Crippen LogP contribution in [0.2, 0.25) is 0 Å². The number of benzene rings is 2. The van der Waals surface area contributed by atoms with E-state index in [0.717, 1.165) is 18.5 Å². The first-order valence-corrected chi connectivity index (χ1v) is 6.95. The summed E-state index contributed by atoms with van der Waals surface area (Å²) in [6, 6.07) is 11.7. The SMILES string of the molecule is CCCc1ccccc1NCc1cc(C(=O)O)ccc1F. The first kappa shape index (κ1) is 15.0. The van der Waals surface area contributed by atoms with E-state index in [1.54, 1.807) is 0 Å². The minimum atomic E-state index is -1.05. The van der Waals surface area contributed by atoms with E-state index in [0.29, 0.717) is 5.56 Å². The van der Waals surface area contributed by atoms with Gasteiger partial charge in [-0.1, -0.05) is 31.5 Å². The Morgan fingerprint density at radius 1 is 1.19 bits per heavy atom. The molecule has 4 heteroatoms. The monoisotopic (exact) mass is 287 g/mol. The van der Waals surface area contributed by atoms with Gasteiger partial charge in [-0.3, -0.25) is 0 Å². The summed E-state index contributed by atoms with van der Waals surface area (Å²) in [6.45, 7) is 2.36. The second kappa shape index (κ2) is 6.88. The van der Waals surface area contributed by atoms with Crippen molar-refractivity contribution in [1.29, 1.82) is 0 Å². The zero-order chi connectivity index (χ0) is 15.2. The molecule has 0 aliphatic heterocycles. The van der Waals surface area contributed by atoms with Crippen molar-refractivity contribution >= 4 is 11.7 Å². The van der Waals surface area contributed by atoms with Gasteiger partial charge in [0.25, 0.3) is 0 Å². The molecule has 0 spiro atoms. The lowest BCUT2D eigenvalue weighted by molar-refractivity contribution is 0.0696. The highest BCUT2D eigenvalue weighted by atomic mass is 19.1. The molecule has 2 aromatic carbocycles. The molecular weight excluding hydrogens is 269 g/mol. The van der Waals surface area contributed by atoms with Gasteiger partial charge in [0.15, 0.2) is 0 Å². The molecule has 0 aromatic heterocycles. The van der Waals surface area contributed by atoms with Gasteiger partial charge < -0.3 is 10.4 Å². The zero-order valence-corrected chi connectivity index (χ0v) is 11.9. The molecule has 0 aliphatic carbocycles. The fourth-order valence-corrected chi connectivity index (χ4v) is 2.21. The van der Waals surface area contributed by atoms with Crippen molar-refractivity contribution in [2.24, 2.45) is 0 Å². The van der Waals surface area contributed by atoms with Crippen molar-refractivity contribution in [3.8, 4) is 0 Å². The Morgan fingerprint density at radius 2 is 1.95 bits per heavy atom. The first-order valence-electron chi connectivity index (χ1n) is 6.95. The zero-order valence-electron chi connectivity index (χ0n) is 11.9. The lowest BCUT2D eigenvalue weighted by Crippen LogP contribution is -2.06. The van der Waals surface area contributed by atoms with Gasteiger partial charge in [0.2, 0.25) is 0 Å². The van der Waals surface area contributed by atoms with Crippen molar-refractivity contribution in [1.82, 2.24) is 0 Å². The molecule has 0 atom stereocenters. The van der Waals surface area contributed by atoms with E-state index in [4.69, 9.17) is 5.11 Å². The number of anilines is 1. The lowest BCUT2D eigenvalue weighted by atomic mass is 10.1. The molecule has 0 unspecified atom stereocenters.